The maximum atomic E-state index is 11.9. The number of halogens is 1. The first-order valence-electron chi connectivity index (χ1n) is 8.53. The zero-order valence-electron chi connectivity index (χ0n) is 15.6. The Morgan fingerprint density at radius 2 is 2.12 bits per heavy atom. The van der Waals surface area contributed by atoms with Crippen LogP contribution in [0, 0.1) is 0 Å². The van der Waals surface area contributed by atoms with Crippen molar-refractivity contribution in [1.29, 1.82) is 0 Å². The van der Waals surface area contributed by atoms with Crippen LogP contribution >= 0.6 is 35.3 Å². The van der Waals surface area contributed by atoms with Gasteiger partial charge in [-0.2, -0.15) is 0 Å². The van der Waals surface area contributed by atoms with E-state index >= 15 is 0 Å². The van der Waals surface area contributed by atoms with Crippen LogP contribution < -0.4 is 10.6 Å². The number of carbonyl (C=O) groups is 1. The second kappa shape index (κ2) is 11.9. The van der Waals surface area contributed by atoms with Gasteiger partial charge in [-0.25, -0.2) is 0 Å². The molecule has 0 aliphatic rings. The molecule has 0 saturated heterocycles. The van der Waals surface area contributed by atoms with Gasteiger partial charge in [-0.15, -0.1) is 35.3 Å². The molecule has 2 heterocycles. The molecule has 2 N–H and O–H groups in total. The first-order chi connectivity index (χ1) is 12.1. The van der Waals surface area contributed by atoms with Crippen molar-refractivity contribution < 1.29 is 4.79 Å². The monoisotopic (exact) mass is 489 g/mol. The molecule has 2 aromatic rings. The number of thiophene rings is 1. The Morgan fingerprint density at radius 3 is 2.73 bits per heavy atom. The maximum Gasteiger partial charge on any atom is 0.261 e. The van der Waals surface area contributed by atoms with E-state index in [-0.39, 0.29) is 29.9 Å². The molecule has 0 aromatic carbocycles. The predicted molar refractivity (Wildman–Crippen MR) is 120 cm³/mol. The third-order valence-corrected chi connectivity index (χ3v) is 4.64. The molecule has 0 aliphatic heterocycles. The number of amides is 1. The molecule has 1 amide bonds. The summed E-state index contributed by atoms with van der Waals surface area (Å²) in [7, 11) is 4.08. The van der Waals surface area contributed by atoms with Crippen LogP contribution in [-0.4, -0.2) is 48.0 Å². The average molecular weight is 489 g/mol. The van der Waals surface area contributed by atoms with Crippen LogP contribution in [0.2, 0.25) is 0 Å². The maximum absolute atomic E-state index is 11.9. The van der Waals surface area contributed by atoms with E-state index in [2.05, 4.69) is 38.1 Å². The lowest BCUT2D eigenvalue weighted by Gasteiger charge is -2.22. The molecule has 8 heteroatoms. The van der Waals surface area contributed by atoms with Crippen LogP contribution in [0.15, 0.2) is 40.8 Å². The van der Waals surface area contributed by atoms with Crippen molar-refractivity contribution in [1.82, 2.24) is 20.1 Å². The van der Waals surface area contributed by atoms with Gasteiger partial charge in [-0.1, -0.05) is 6.07 Å². The number of aromatic nitrogens is 1. The van der Waals surface area contributed by atoms with Gasteiger partial charge in [0.25, 0.3) is 5.91 Å². The molecule has 26 heavy (non-hydrogen) atoms. The van der Waals surface area contributed by atoms with E-state index in [1.54, 1.807) is 0 Å². The highest BCUT2D eigenvalue weighted by atomic mass is 127. The number of hydrogen-bond acceptors (Lipinski definition) is 3. The van der Waals surface area contributed by atoms with E-state index in [1.807, 2.05) is 43.9 Å². The number of rotatable bonds is 8. The summed E-state index contributed by atoms with van der Waals surface area (Å²) in [6.07, 6.45) is 2.85. The van der Waals surface area contributed by atoms with E-state index in [1.165, 1.54) is 17.0 Å². The van der Waals surface area contributed by atoms with E-state index in [9.17, 15) is 4.79 Å². The van der Waals surface area contributed by atoms with Crippen LogP contribution in [0.1, 0.15) is 28.7 Å². The van der Waals surface area contributed by atoms with Crippen molar-refractivity contribution in [3.8, 4) is 0 Å². The molecule has 0 radical (unpaired) electrons. The predicted octanol–water partition coefficient (Wildman–Crippen LogP) is 2.92. The Labute approximate surface area is 176 Å². The largest absolute Gasteiger partial charge is 0.357 e. The van der Waals surface area contributed by atoms with Crippen LogP contribution in [-0.2, 0) is 13.6 Å². The van der Waals surface area contributed by atoms with Gasteiger partial charge in [0.1, 0.15) is 0 Å². The van der Waals surface area contributed by atoms with Gasteiger partial charge in [0.2, 0.25) is 0 Å². The van der Waals surface area contributed by atoms with E-state index in [0.717, 1.165) is 30.3 Å². The molecule has 2 rings (SSSR count). The minimum Gasteiger partial charge on any atom is -0.357 e. The van der Waals surface area contributed by atoms with Crippen molar-refractivity contribution in [3.63, 3.8) is 0 Å². The molecule has 0 atom stereocenters. The SMILES string of the molecule is CCNC(=NCCCNC(=O)c1cccs1)N(C)Cc1cccn1C.I. The number of nitrogens with one attached hydrogen (secondary N) is 2. The minimum atomic E-state index is -0.00767. The third-order valence-electron chi connectivity index (χ3n) is 3.77. The molecule has 144 valence electrons. The normalized spacial score (nSPS) is 11.0. The molecule has 6 nitrogen and oxygen atoms in total. The number of aryl methyl sites for hydroxylation is 1. The Morgan fingerprint density at radius 1 is 1.31 bits per heavy atom. The summed E-state index contributed by atoms with van der Waals surface area (Å²) in [5.41, 5.74) is 1.23. The second-order valence-electron chi connectivity index (χ2n) is 5.79. The molecular weight excluding hydrogens is 461 g/mol. The molecule has 0 aliphatic carbocycles. The topological polar surface area (TPSA) is 61.7 Å². The Balaban J connectivity index is 0.00000338. The standard InChI is InChI=1S/C18H27N5OS.HI/c1-4-19-18(23(3)14-15-8-5-12-22(15)2)21-11-7-10-20-17(24)16-9-6-13-25-16;/h5-6,8-9,12-13H,4,7,10-11,14H2,1-3H3,(H,19,21)(H,20,24);1H. The number of hydrogen-bond donors (Lipinski definition) is 2. The summed E-state index contributed by atoms with van der Waals surface area (Å²) in [6, 6.07) is 7.87. The zero-order valence-corrected chi connectivity index (χ0v) is 18.7. The fourth-order valence-corrected chi connectivity index (χ4v) is 3.05. The molecule has 2 aromatic heterocycles. The van der Waals surface area contributed by atoms with E-state index < -0.39 is 0 Å². The summed E-state index contributed by atoms with van der Waals surface area (Å²) in [5, 5.41) is 8.15. The van der Waals surface area contributed by atoms with Gasteiger partial charge in [-0.05, 0) is 36.9 Å². The number of nitrogens with zero attached hydrogens (tertiary/aromatic N) is 3. The quantitative estimate of drug-likeness (QED) is 0.260. The van der Waals surface area contributed by atoms with Gasteiger partial charge in [0.15, 0.2) is 5.96 Å². The molecule has 0 unspecified atom stereocenters. The lowest BCUT2D eigenvalue weighted by Crippen LogP contribution is -2.39. The molecule has 0 bridgehead atoms. The first kappa shape index (κ1) is 22.5. The summed E-state index contributed by atoms with van der Waals surface area (Å²) >= 11 is 1.45. The van der Waals surface area contributed by atoms with Crippen LogP contribution in [0.25, 0.3) is 0 Å². The van der Waals surface area contributed by atoms with E-state index in [0.29, 0.717) is 13.1 Å². The van der Waals surface area contributed by atoms with Gasteiger partial charge >= 0.3 is 0 Å². The Hall–Kier alpha value is -1.55. The van der Waals surface area contributed by atoms with Crippen molar-refractivity contribution in [2.75, 3.05) is 26.7 Å². The average Bonchev–Trinajstić information content (AvgIpc) is 3.26. The number of carbonyl (C=O) groups excluding carboxylic acids is 1. The third kappa shape index (κ3) is 6.99. The van der Waals surface area contributed by atoms with Gasteiger partial charge in [0, 0.05) is 45.6 Å². The van der Waals surface area contributed by atoms with Crippen molar-refractivity contribution in [2.24, 2.45) is 12.0 Å². The molecular formula is C18H28IN5OS. The fraction of sp³-hybridized carbons (Fsp3) is 0.444. The lowest BCUT2D eigenvalue weighted by atomic mass is 10.4. The van der Waals surface area contributed by atoms with Gasteiger partial charge in [-0.3, -0.25) is 9.79 Å². The summed E-state index contributed by atoms with van der Waals surface area (Å²) in [6.45, 7) is 4.98. The summed E-state index contributed by atoms with van der Waals surface area (Å²) < 4.78 is 2.11. The highest BCUT2D eigenvalue weighted by Gasteiger charge is 2.08. The smallest absolute Gasteiger partial charge is 0.261 e. The van der Waals surface area contributed by atoms with Crippen LogP contribution in [0.5, 0.6) is 0 Å². The van der Waals surface area contributed by atoms with Crippen LogP contribution in [0.3, 0.4) is 0 Å². The highest BCUT2D eigenvalue weighted by Crippen LogP contribution is 2.07. The van der Waals surface area contributed by atoms with E-state index in [4.69, 9.17) is 0 Å². The summed E-state index contributed by atoms with van der Waals surface area (Å²) in [4.78, 5) is 19.4. The second-order valence-corrected chi connectivity index (χ2v) is 6.74. The lowest BCUT2D eigenvalue weighted by molar-refractivity contribution is 0.0957. The Bertz CT molecular complexity index is 684. The molecule has 0 fully saturated rings. The van der Waals surface area contributed by atoms with Gasteiger partial charge in [0.05, 0.1) is 11.4 Å². The molecule has 0 spiro atoms. The highest BCUT2D eigenvalue weighted by molar-refractivity contribution is 14.0. The Kier molecular flexibility index (Phi) is 10.3. The van der Waals surface area contributed by atoms with Crippen molar-refractivity contribution in [2.45, 2.75) is 19.9 Å². The van der Waals surface area contributed by atoms with Crippen molar-refractivity contribution in [3.05, 3.63) is 46.4 Å². The van der Waals surface area contributed by atoms with Gasteiger partial charge < -0.3 is 20.1 Å². The summed E-state index contributed by atoms with van der Waals surface area (Å²) in [5.74, 6) is 0.875. The first-order valence-corrected chi connectivity index (χ1v) is 9.41. The minimum absolute atomic E-state index is 0. The number of guanidine groups is 1. The molecule has 0 saturated carbocycles. The number of aliphatic imine (C=N–C) groups is 1. The van der Waals surface area contributed by atoms with Crippen molar-refractivity contribution >= 4 is 47.2 Å². The zero-order chi connectivity index (χ0) is 18.1. The van der Waals surface area contributed by atoms with Crippen LogP contribution in [0.4, 0.5) is 0 Å². The fourth-order valence-electron chi connectivity index (χ4n) is 2.41.